The van der Waals surface area contributed by atoms with Gasteiger partial charge in [-0.05, 0) is 26.8 Å². The molecule has 11 nitrogen and oxygen atoms in total. The van der Waals surface area contributed by atoms with Crippen LogP contribution in [0.5, 0.6) is 5.88 Å². The minimum atomic E-state index is -6.17. The molecule has 0 aliphatic rings. The summed E-state index contributed by atoms with van der Waals surface area (Å²) in [5.74, 6) is -2.88. The maximum atomic E-state index is 13.0. The van der Waals surface area contributed by atoms with Crippen LogP contribution in [0.2, 0.25) is 0 Å². The number of anilines is 1. The van der Waals surface area contributed by atoms with Gasteiger partial charge in [-0.15, -0.1) is 0 Å². The molecule has 0 amide bonds. The molecule has 0 atom stereocenters. The predicted octanol–water partition coefficient (Wildman–Crippen LogP) is 2.22. The highest BCUT2D eigenvalue weighted by molar-refractivity contribution is 7.88. The largest absolute Gasteiger partial charge is 0.534 e. The van der Waals surface area contributed by atoms with Crippen LogP contribution in [0.1, 0.15) is 36.3 Å². The van der Waals surface area contributed by atoms with E-state index in [1.807, 2.05) is 0 Å². The summed E-state index contributed by atoms with van der Waals surface area (Å²) in [4.78, 5) is 30.0. The Morgan fingerprint density at radius 2 is 1.66 bits per heavy atom. The molecule has 0 aliphatic carbocycles. The Labute approximate surface area is 201 Å². The minimum absolute atomic E-state index is 0.0113. The van der Waals surface area contributed by atoms with E-state index >= 15 is 0 Å². The molecule has 0 unspecified atom stereocenters. The van der Waals surface area contributed by atoms with E-state index < -0.39 is 45.1 Å². The Kier molecular flexibility index (Phi) is 11.7. The van der Waals surface area contributed by atoms with E-state index in [9.17, 15) is 31.2 Å². The van der Waals surface area contributed by atoms with Crippen LogP contribution in [0.25, 0.3) is 0 Å². The molecule has 0 bridgehead atoms. The molecule has 35 heavy (non-hydrogen) atoms. The van der Waals surface area contributed by atoms with Crippen LogP contribution in [0.15, 0.2) is 6.07 Å². The number of aromatic nitrogens is 1. The molecule has 1 aromatic heterocycles. The molecule has 15 heteroatoms. The predicted molar refractivity (Wildman–Crippen MR) is 117 cm³/mol. The van der Waals surface area contributed by atoms with Crippen molar-refractivity contribution in [3.8, 4) is 5.88 Å². The van der Waals surface area contributed by atoms with Gasteiger partial charge in [0, 0.05) is 26.5 Å². The Morgan fingerprint density at radius 3 is 2.14 bits per heavy atom. The molecule has 1 heterocycles. The van der Waals surface area contributed by atoms with Crippen LogP contribution in [-0.2, 0) is 33.9 Å². The normalized spacial score (nSPS) is 11.9. The lowest BCUT2D eigenvalue weighted by atomic mass is 10.1. The molecule has 1 rings (SSSR count). The third kappa shape index (κ3) is 8.50. The number of hydrogen-bond acceptors (Lipinski definition) is 11. The van der Waals surface area contributed by atoms with Crippen LogP contribution < -0.4 is 9.08 Å². The summed E-state index contributed by atoms with van der Waals surface area (Å²) in [6.45, 7) is 4.28. The Hall–Kier alpha value is -2.65. The van der Waals surface area contributed by atoms with Crippen LogP contribution in [0.3, 0.4) is 0 Å². The van der Waals surface area contributed by atoms with Crippen molar-refractivity contribution in [2.75, 3.05) is 52.1 Å². The summed E-state index contributed by atoms with van der Waals surface area (Å²) in [7, 11) is -3.39. The fourth-order valence-electron chi connectivity index (χ4n) is 3.02. The average molecular weight is 531 g/mol. The minimum Gasteiger partial charge on any atom is -0.466 e. The number of aryl methyl sites for hydroxylation is 1. The zero-order valence-corrected chi connectivity index (χ0v) is 20.8. The van der Waals surface area contributed by atoms with Gasteiger partial charge in [0.05, 0.1) is 44.6 Å². The Balaban J connectivity index is 3.79. The van der Waals surface area contributed by atoms with Crippen LogP contribution >= 0.6 is 0 Å². The number of alkyl halides is 3. The number of esters is 2. The summed E-state index contributed by atoms with van der Waals surface area (Å²) < 4.78 is 87.0. The maximum Gasteiger partial charge on any atom is 0.534 e. The van der Waals surface area contributed by atoms with E-state index in [0.717, 1.165) is 0 Å². The van der Waals surface area contributed by atoms with Crippen molar-refractivity contribution in [3.05, 3.63) is 17.3 Å². The van der Waals surface area contributed by atoms with Crippen molar-refractivity contribution < 1.29 is 54.3 Å². The highest BCUT2D eigenvalue weighted by Crippen LogP contribution is 2.35. The lowest BCUT2D eigenvalue weighted by molar-refractivity contribution is -0.142. The smallest absolute Gasteiger partial charge is 0.466 e. The number of carbonyl (C=O) groups excluding carboxylic acids is 2. The Bertz CT molecular complexity index is 965. The first-order chi connectivity index (χ1) is 16.3. The number of ether oxygens (including phenoxy) is 4. The molecule has 1 aromatic rings. The van der Waals surface area contributed by atoms with Crippen molar-refractivity contribution in [1.82, 2.24) is 4.98 Å². The van der Waals surface area contributed by atoms with Crippen molar-refractivity contribution in [2.45, 2.75) is 38.7 Å². The monoisotopic (exact) mass is 530 g/mol. The quantitative estimate of drug-likeness (QED) is 0.199. The Morgan fingerprint density at radius 1 is 1.09 bits per heavy atom. The molecule has 0 aromatic carbocycles. The van der Waals surface area contributed by atoms with Crippen LogP contribution in [-0.4, -0.2) is 84.1 Å². The van der Waals surface area contributed by atoms with E-state index in [1.165, 1.54) is 39.0 Å². The zero-order valence-electron chi connectivity index (χ0n) is 20.0. The average Bonchev–Trinajstić information content (AvgIpc) is 2.73. The number of carbonyl (C=O) groups is 2. The number of rotatable bonds is 14. The standard InChI is InChI=1S/C20H29F3N2O9S/c1-6-32-16(26)8-9-25(14(11-30-4)12-31-5)15-10-13(3)24-18(17(15)19(27)33-7-2)34-35(28,29)20(21,22)23/h10,14H,6-9,11-12H2,1-5H3. The summed E-state index contributed by atoms with van der Waals surface area (Å²) in [6.07, 6.45) is -0.182. The van der Waals surface area contributed by atoms with Gasteiger partial charge in [-0.1, -0.05) is 0 Å². The van der Waals surface area contributed by atoms with Gasteiger partial charge in [0.15, 0.2) is 0 Å². The molecule has 0 fully saturated rings. The molecule has 0 saturated carbocycles. The highest BCUT2D eigenvalue weighted by Gasteiger charge is 2.49. The van der Waals surface area contributed by atoms with Crippen molar-refractivity contribution in [3.63, 3.8) is 0 Å². The first-order valence-corrected chi connectivity index (χ1v) is 11.8. The lowest BCUT2D eigenvalue weighted by Crippen LogP contribution is -2.44. The van der Waals surface area contributed by atoms with Gasteiger partial charge in [-0.3, -0.25) is 4.79 Å². The summed E-state index contributed by atoms with van der Waals surface area (Å²) in [6, 6.07) is 0.657. The maximum absolute atomic E-state index is 13.0. The number of pyridine rings is 1. The first kappa shape index (κ1) is 30.4. The van der Waals surface area contributed by atoms with E-state index in [0.29, 0.717) is 0 Å². The molecular formula is C20H29F3N2O9S. The molecule has 0 radical (unpaired) electrons. The van der Waals surface area contributed by atoms with E-state index in [-0.39, 0.29) is 50.8 Å². The van der Waals surface area contributed by atoms with E-state index in [4.69, 9.17) is 18.9 Å². The second-order valence-corrected chi connectivity index (χ2v) is 8.52. The lowest BCUT2D eigenvalue weighted by Gasteiger charge is -2.34. The van der Waals surface area contributed by atoms with E-state index in [1.54, 1.807) is 6.92 Å². The van der Waals surface area contributed by atoms with Gasteiger partial charge < -0.3 is 28.0 Å². The van der Waals surface area contributed by atoms with Crippen LogP contribution in [0, 0.1) is 6.92 Å². The third-order valence-electron chi connectivity index (χ3n) is 4.38. The van der Waals surface area contributed by atoms with Crippen molar-refractivity contribution >= 4 is 27.7 Å². The molecule has 200 valence electrons. The molecule has 0 aliphatic heterocycles. The fourth-order valence-corrected chi connectivity index (χ4v) is 3.44. The van der Waals surface area contributed by atoms with Crippen molar-refractivity contribution in [1.29, 1.82) is 0 Å². The van der Waals surface area contributed by atoms with Gasteiger partial charge >= 0.3 is 27.6 Å². The van der Waals surface area contributed by atoms with Gasteiger partial charge in [0.1, 0.15) is 5.56 Å². The molecular weight excluding hydrogens is 501 g/mol. The molecule has 0 spiro atoms. The van der Waals surface area contributed by atoms with E-state index in [2.05, 4.69) is 9.17 Å². The summed E-state index contributed by atoms with van der Waals surface area (Å²) in [5.41, 5.74) is -6.52. The first-order valence-electron chi connectivity index (χ1n) is 10.4. The number of methoxy groups -OCH3 is 2. The van der Waals surface area contributed by atoms with Gasteiger partial charge in [-0.25, -0.2) is 9.78 Å². The summed E-state index contributed by atoms with van der Waals surface area (Å²) >= 11 is 0. The fraction of sp³-hybridized carbons (Fsp3) is 0.650. The van der Waals surface area contributed by atoms with Gasteiger partial charge in [0.25, 0.3) is 5.88 Å². The second-order valence-electron chi connectivity index (χ2n) is 6.98. The molecule has 0 saturated heterocycles. The third-order valence-corrected chi connectivity index (χ3v) is 5.32. The topological polar surface area (TPSA) is 131 Å². The van der Waals surface area contributed by atoms with Crippen molar-refractivity contribution in [2.24, 2.45) is 0 Å². The number of hydrogen-bond donors (Lipinski definition) is 0. The van der Waals surface area contributed by atoms with Crippen LogP contribution in [0.4, 0.5) is 18.9 Å². The van der Waals surface area contributed by atoms with Gasteiger partial charge in [0.2, 0.25) is 0 Å². The number of halogens is 3. The highest BCUT2D eigenvalue weighted by atomic mass is 32.2. The second kappa shape index (κ2) is 13.4. The van der Waals surface area contributed by atoms with Gasteiger partial charge in [-0.2, -0.15) is 21.6 Å². The zero-order chi connectivity index (χ0) is 26.8. The number of nitrogens with zero attached hydrogens (tertiary/aromatic N) is 2. The summed E-state index contributed by atoms with van der Waals surface area (Å²) in [5, 5.41) is 0. The molecule has 0 N–H and O–H groups in total. The SMILES string of the molecule is CCOC(=O)CCN(c1cc(C)nc(OS(=O)(=O)C(F)(F)F)c1C(=O)OCC)C(COC)COC.